The molecule has 1 rings (SSSR count). The highest BCUT2D eigenvalue weighted by Crippen LogP contribution is 2.28. The molecule has 0 bridgehead atoms. The number of hydrogen-bond donors (Lipinski definition) is 1. The number of nitro benzene ring substituents is 1. The van der Waals surface area contributed by atoms with Crippen molar-refractivity contribution in [3.63, 3.8) is 0 Å². The van der Waals surface area contributed by atoms with Crippen molar-refractivity contribution in [2.45, 2.75) is 13.0 Å². The Morgan fingerprint density at radius 1 is 1.56 bits per heavy atom. The van der Waals surface area contributed by atoms with Crippen LogP contribution in [-0.2, 0) is 4.74 Å². The fourth-order valence-electron chi connectivity index (χ4n) is 1.75. The molecule has 0 aromatic heterocycles. The molecular formula is C12H18N2O4. The predicted molar refractivity (Wildman–Crippen MR) is 69.0 cm³/mol. The first-order chi connectivity index (χ1) is 8.45. The molecule has 1 N–H and O–H groups in total. The van der Waals surface area contributed by atoms with E-state index in [1.807, 2.05) is 6.92 Å². The van der Waals surface area contributed by atoms with Crippen molar-refractivity contribution in [3.8, 4) is 0 Å². The first-order valence-electron chi connectivity index (χ1n) is 5.59. The number of nitrogens with zero attached hydrogens (tertiary/aromatic N) is 2. The lowest BCUT2D eigenvalue weighted by Crippen LogP contribution is -2.32. The van der Waals surface area contributed by atoms with Crippen LogP contribution in [0.5, 0.6) is 0 Å². The third-order valence-corrected chi connectivity index (χ3v) is 2.58. The molecule has 0 fully saturated rings. The molecule has 6 nitrogen and oxygen atoms in total. The zero-order chi connectivity index (χ0) is 13.7. The van der Waals surface area contributed by atoms with Crippen LogP contribution in [-0.4, -0.2) is 43.4 Å². The standard InChI is InChI=1S/C12H18N2O4/c1-9-4-5-11(14(16)17)12(6-9)13(2)7-10(15)8-18-3/h4-6,10,15H,7-8H2,1-3H3. The second-order valence-electron chi connectivity index (χ2n) is 4.24. The minimum absolute atomic E-state index is 0.0349. The van der Waals surface area contributed by atoms with E-state index in [1.165, 1.54) is 13.2 Å². The van der Waals surface area contributed by atoms with Crippen molar-refractivity contribution in [1.29, 1.82) is 0 Å². The van der Waals surface area contributed by atoms with E-state index >= 15 is 0 Å². The van der Waals surface area contributed by atoms with Gasteiger partial charge in [0.25, 0.3) is 5.69 Å². The minimum Gasteiger partial charge on any atom is -0.389 e. The lowest BCUT2D eigenvalue weighted by Gasteiger charge is -2.22. The minimum atomic E-state index is -0.680. The number of anilines is 1. The van der Waals surface area contributed by atoms with Gasteiger partial charge in [-0.25, -0.2) is 0 Å². The average molecular weight is 254 g/mol. The molecule has 0 saturated heterocycles. The first-order valence-corrected chi connectivity index (χ1v) is 5.59. The number of nitro groups is 1. The molecule has 0 saturated carbocycles. The Kier molecular flexibility index (Phi) is 5.06. The zero-order valence-corrected chi connectivity index (χ0v) is 10.8. The van der Waals surface area contributed by atoms with Crippen LogP contribution >= 0.6 is 0 Å². The van der Waals surface area contributed by atoms with Crippen molar-refractivity contribution >= 4 is 11.4 Å². The number of likely N-dealkylation sites (N-methyl/N-ethyl adjacent to an activating group) is 1. The quantitative estimate of drug-likeness (QED) is 0.612. The van der Waals surface area contributed by atoms with Gasteiger partial charge in [-0.05, 0) is 18.6 Å². The number of benzene rings is 1. The monoisotopic (exact) mass is 254 g/mol. The highest BCUT2D eigenvalue weighted by Gasteiger charge is 2.18. The summed E-state index contributed by atoms with van der Waals surface area (Å²) in [6.07, 6.45) is -0.680. The Balaban J connectivity index is 2.93. The molecule has 0 aliphatic heterocycles. The third-order valence-electron chi connectivity index (χ3n) is 2.58. The summed E-state index contributed by atoms with van der Waals surface area (Å²) in [6.45, 7) is 2.34. The van der Waals surface area contributed by atoms with Gasteiger partial charge in [0, 0.05) is 26.8 Å². The molecule has 1 atom stereocenters. The molecule has 100 valence electrons. The van der Waals surface area contributed by atoms with E-state index < -0.39 is 11.0 Å². The fourth-order valence-corrected chi connectivity index (χ4v) is 1.75. The van der Waals surface area contributed by atoms with Crippen LogP contribution in [0.1, 0.15) is 5.56 Å². The lowest BCUT2D eigenvalue weighted by molar-refractivity contribution is -0.384. The number of hydrogen-bond acceptors (Lipinski definition) is 5. The van der Waals surface area contributed by atoms with Crippen molar-refractivity contribution in [1.82, 2.24) is 0 Å². The summed E-state index contributed by atoms with van der Waals surface area (Å²) < 4.78 is 4.83. The van der Waals surface area contributed by atoms with Crippen LogP contribution in [0.25, 0.3) is 0 Å². The zero-order valence-electron chi connectivity index (χ0n) is 10.8. The number of methoxy groups -OCH3 is 1. The third kappa shape index (κ3) is 3.68. The van der Waals surface area contributed by atoms with E-state index in [0.29, 0.717) is 5.69 Å². The van der Waals surface area contributed by atoms with Crippen LogP contribution in [0.2, 0.25) is 0 Å². The Hall–Kier alpha value is -1.66. The van der Waals surface area contributed by atoms with E-state index in [2.05, 4.69) is 0 Å². The molecule has 1 aromatic carbocycles. The average Bonchev–Trinajstić information content (AvgIpc) is 2.28. The van der Waals surface area contributed by atoms with E-state index in [-0.39, 0.29) is 18.8 Å². The summed E-state index contributed by atoms with van der Waals surface area (Å²) in [4.78, 5) is 12.2. The molecule has 1 unspecified atom stereocenters. The summed E-state index contributed by atoms with van der Waals surface area (Å²) in [5.41, 5.74) is 1.46. The van der Waals surface area contributed by atoms with Gasteiger partial charge in [0.2, 0.25) is 0 Å². The van der Waals surface area contributed by atoms with Gasteiger partial charge >= 0.3 is 0 Å². The Bertz CT molecular complexity index is 423. The molecule has 0 amide bonds. The van der Waals surface area contributed by atoms with E-state index in [0.717, 1.165) is 5.56 Å². The molecule has 18 heavy (non-hydrogen) atoms. The second-order valence-corrected chi connectivity index (χ2v) is 4.24. The van der Waals surface area contributed by atoms with Crippen molar-refractivity contribution in [2.24, 2.45) is 0 Å². The second kappa shape index (κ2) is 6.32. The van der Waals surface area contributed by atoms with Gasteiger partial charge in [-0.15, -0.1) is 0 Å². The summed E-state index contributed by atoms with van der Waals surface area (Å²) in [5, 5.41) is 20.6. The van der Waals surface area contributed by atoms with Gasteiger partial charge in [-0.3, -0.25) is 10.1 Å². The predicted octanol–water partition coefficient (Wildman–Crippen LogP) is 1.35. The van der Waals surface area contributed by atoms with Gasteiger partial charge in [0.05, 0.1) is 17.6 Å². The van der Waals surface area contributed by atoms with Crippen LogP contribution in [0, 0.1) is 17.0 Å². The van der Waals surface area contributed by atoms with Gasteiger partial charge in [0.1, 0.15) is 5.69 Å². The van der Waals surface area contributed by atoms with Gasteiger partial charge < -0.3 is 14.7 Å². The molecule has 6 heteroatoms. The smallest absolute Gasteiger partial charge is 0.292 e. The van der Waals surface area contributed by atoms with Crippen LogP contribution in [0.4, 0.5) is 11.4 Å². The molecule has 1 aromatic rings. The van der Waals surface area contributed by atoms with Crippen LogP contribution in [0.15, 0.2) is 18.2 Å². The number of aliphatic hydroxyl groups is 1. The maximum absolute atomic E-state index is 10.9. The molecular weight excluding hydrogens is 236 g/mol. The number of aryl methyl sites for hydroxylation is 1. The van der Waals surface area contributed by atoms with Crippen molar-refractivity contribution in [2.75, 3.05) is 32.2 Å². The summed E-state index contributed by atoms with van der Waals surface area (Å²) in [7, 11) is 3.21. The highest BCUT2D eigenvalue weighted by molar-refractivity contribution is 5.64. The van der Waals surface area contributed by atoms with Gasteiger partial charge in [-0.1, -0.05) is 6.07 Å². The van der Waals surface area contributed by atoms with Crippen molar-refractivity contribution in [3.05, 3.63) is 33.9 Å². The van der Waals surface area contributed by atoms with Crippen molar-refractivity contribution < 1.29 is 14.8 Å². The SMILES string of the molecule is COCC(O)CN(C)c1cc(C)ccc1[N+](=O)[O-]. The van der Waals surface area contributed by atoms with Crippen LogP contribution in [0.3, 0.4) is 0 Å². The van der Waals surface area contributed by atoms with E-state index in [9.17, 15) is 15.2 Å². The summed E-state index contributed by atoms with van der Waals surface area (Å²) in [6, 6.07) is 4.91. The van der Waals surface area contributed by atoms with E-state index in [4.69, 9.17) is 4.74 Å². The summed E-state index contributed by atoms with van der Waals surface area (Å²) >= 11 is 0. The highest BCUT2D eigenvalue weighted by atomic mass is 16.6. The number of aliphatic hydroxyl groups excluding tert-OH is 1. The normalized spacial score (nSPS) is 12.2. The Morgan fingerprint density at radius 3 is 2.78 bits per heavy atom. The van der Waals surface area contributed by atoms with Gasteiger partial charge in [-0.2, -0.15) is 0 Å². The fraction of sp³-hybridized carbons (Fsp3) is 0.500. The molecule has 0 radical (unpaired) electrons. The van der Waals surface area contributed by atoms with Gasteiger partial charge in [0.15, 0.2) is 0 Å². The van der Waals surface area contributed by atoms with Crippen LogP contribution < -0.4 is 4.90 Å². The molecule has 0 aliphatic carbocycles. The number of rotatable bonds is 6. The molecule has 0 spiro atoms. The topological polar surface area (TPSA) is 75.8 Å². The summed E-state index contributed by atoms with van der Waals surface area (Å²) in [5.74, 6) is 0. The largest absolute Gasteiger partial charge is 0.389 e. The molecule has 0 aliphatic rings. The maximum Gasteiger partial charge on any atom is 0.292 e. The maximum atomic E-state index is 10.9. The lowest BCUT2D eigenvalue weighted by atomic mass is 10.1. The Labute approximate surface area is 106 Å². The van der Waals surface area contributed by atoms with E-state index in [1.54, 1.807) is 24.1 Å². The number of ether oxygens (including phenoxy) is 1. The molecule has 0 heterocycles. The first kappa shape index (κ1) is 14.4. The Morgan fingerprint density at radius 2 is 2.22 bits per heavy atom.